The highest BCUT2D eigenvalue weighted by Gasteiger charge is 2.18. The molecule has 0 amide bonds. The summed E-state index contributed by atoms with van der Waals surface area (Å²) in [5.74, 6) is -1.56. The minimum atomic E-state index is -0.596. The van der Waals surface area contributed by atoms with Crippen LogP contribution in [0, 0.1) is 0 Å². The largest absolute Gasteiger partial charge is 0.465 e. The Kier molecular flexibility index (Phi) is 15.5. The summed E-state index contributed by atoms with van der Waals surface area (Å²) in [5, 5.41) is 0. The highest BCUT2D eigenvalue weighted by Crippen LogP contribution is 2.21. The number of benzene rings is 1. The first kappa shape index (κ1) is 31.1. The van der Waals surface area contributed by atoms with Crippen molar-refractivity contribution in [2.24, 2.45) is 0 Å². The average Bonchev–Trinajstić information content (AvgIpc) is 2.92. The molecule has 2 saturated carbocycles. The van der Waals surface area contributed by atoms with E-state index in [2.05, 4.69) is 6.92 Å². The molecule has 0 heterocycles. The van der Waals surface area contributed by atoms with Crippen LogP contribution >= 0.6 is 0 Å². The van der Waals surface area contributed by atoms with Gasteiger partial charge in [0.1, 0.15) is 24.4 Å². The molecule has 0 N–H and O–H groups in total. The number of esters is 4. The molecule has 1 aromatic rings. The van der Waals surface area contributed by atoms with Crippen molar-refractivity contribution in [1.82, 2.24) is 0 Å². The quantitative estimate of drug-likeness (QED) is 0.0855. The Labute approximate surface area is 226 Å². The fourth-order valence-corrected chi connectivity index (χ4v) is 4.27. The molecule has 0 spiro atoms. The summed E-state index contributed by atoms with van der Waals surface area (Å²) in [4.78, 5) is 45.9. The molecule has 38 heavy (non-hydrogen) atoms. The van der Waals surface area contributed by atoms with Gasteiger partial charge in [0.15, 0.2) is 0 Å². The van der Waals surface area contributed by atoms with Crippen molar-refractivity contribution in [1.29, 1.82) is 0 Å². The van der Waals surface area contributed by atoms with Gasteiger partial charge in [0, 0.05) is 12.2 Å². The van der Waals surface area contributed by atoms with Gasteiger partial charge in [0.25, 0.3) is 0 Å². The Hall–Kier alpha value is -3.16. The summed E-state index contributed by atoms with van der Waals surface area (Å²) in [5.41, 5.74) is 0. The van der Waals surface area contributed by atoms with E-state index < -0.39 is 23.9 Å². The standard InChI is InChI=1S/C16H24O4.C14H18O4/c17-15(19-13-7-3-1-4-8-13)11-12-16(18)20-14-9-5-2-6-10-14;1-2-3-7-10-17-13(15)11-14(16)18-12-8-5-4-6-9-12/h11-14H,1-10H2;4-6,8-9H,2-3,7,10-11H2,1H3/b12-11-;. The Morgan fingerprint density at radius 1 is 0.737 bits per heavy atom. The van der Waals surface area contributed by atoms with E-state index in [9.17, 15) is 19.2 Å². The molecule has 2 fully saturated rings. The molecule has 2 aliphatic rings. The maximum atomic E-state index is 11.6. The van der Waals surface area contributed by atoms with Crippen LogP contribution in [0.4, 0.5) is 0 Å². The van der Waals surface area contributed by atoms with E-state index in [1.165, 1.54) is 25.0 Å². The first-order valence-corrected chi connectivity index (χ1v) is 14.0. The summed E-state index contributed by atoms with van der Waals surface area (Å²) in [6.45, 7) is 2.43. The SMILES string of the molecule is CCCCCOC(=O)CC(=O)Oc1ccccc1.O=C(/C=C\C(=O)OC1CCCCC1)OC1CCCCC1. The van der Waals surface area contributed by atoms with Crippen molar-refractivity contribution in [2.75, 3.05) is 6.61 Å². The Bertz CT molecular complexity index is 833. The molecule has 0 aliphatic heterocycles. The van der Waals surface area contributed by atoms with Crippen LogP contribution in [0.2, 0.25) is 0 Å². The monoisotopic (exact) mass is 530 g/mol. The lowest BCUT2D eigenvalue weighted by molar-refractivity contribution is -0.150. The second-order valence-corrected chi connectivity index (χ2v) is 9.62. The molecular weight excluding hydrogens is 488 g/mol. The average molecular weight is 531 g/mol. The molecule has 0 aromatic heterocycles. The van der Waals surface area contributed by atoms with E-state index in [-0.39, 0.29) is 18.6 Å². The highest BCUT2D eigenvalue weighted by molar-refractivity contribution is 5.92. The summed E-state index contributed by atoms with van der Waals surface area (Å²) in [6.07, 6.45) is 15.6. The molecule has 2 aliphatic carbocycles. The van der Waals surface area contributed by atoms with Crippen LogP contribution in [0.5, 0.6) is 5.75 Å². The Balaban J connectivity index is 0.000000269. The first-order chi connectivity index (χ1) is 18.5. The van der Waals surface area contributed by atoms with Crippen molar-refractivity contribution < 1.29 is 38.1 Å². The fraction of sp³-hybridized carbons (Fsp3) is 0.600. The minimum absolute atomic E-state index is 0.0234. The normalized spacial score (nSPS) is 16.1. The third-order valence-electron chi connectivity index (χ3n) is 6.30. The Morgan fingerprint density at radius 2 is 1.26 bits per heavy atom. The third-order valence-corrected chi connectivity index (χ3v) is 6.30. The number of unbranched alkanes of at least 4 members (excludes halogenated alkanes) is 2. The molecule has 0 saturated heterocycles. The van der Waals surface area contributed by atoms with E-state index in [1.54, 1.807) is 24.3 Å². The van der Waals surface area contributed by atoms with Crippen LogP contribution in [0.25, 0.3) is 0 Å². The van der Waals surface area contributed by atoms with Crippen LogP contribution < -0.4 is 4.74 Å². The van der Waals surface area contributed by atoms with Gasteiger partial charge in [0.2, 0.25) is 0 Å². The van der Waals surface area contributed by atoms with E-state index >= 15 is 0 Å². The van der Waals surface area contributed by atoms with Crippen molar-refractivity contribution >= 4 is 23.9 Å². The molecule has 0 atom stereocenters. The first-order valence-electron chi connectivity index (χ1n) is 14.0. The van der Waals surface area contributed by atoms with Gasteiger partial charge in [-0.05, 0) is 69.9 Å². The molecular formula is C30H42O8. The van der Waals surface area contributed by atoms with E-state index in [0.29, 0.717) is 12.4 Å². The number of hydrogen-bond acceptors (Lipinski definition) is 8. The van der Waals surface area contributed by atoms with E-state index in [1.807, 2.05) is 6.07 Å². The Morgan fingerprint density at radius 3 is 1.76 bits per heavy atom. The highest BCUT2D eigenvalue weighted by atomic mass is 16.6. The number of para-hydroxylation sites is 1. The third kappa shape index (κ3) is 14.5. The second-order valence-electron chi connectivity index (χ2n) is 9.62. The number of rotatable bonds is 11. The topological polar surface area (TPSA) is 105 Å². The van der Waals surface area contributed by atoms with E-state index in [4.69, 9.17) is 18.9 Å². The molecule has 0 radical (unpaired) electrons. The van der Waals surface area contributed by atoms with Gasteiger partial charge in [-0.15, -0.1) is 0 Å². The molecule has 1 aromatic carbocycles. The minimum Gasteiger partial charge on any atom is -0.465 e. The molecule has 8 nitrogen and oxygen atoms in total. The van der Waals surface area contributed by atoms with Gasteiger partial charge in [-0.2, -0.15) is 0 Å². The zero-order valence-electron chi connectivity index (χ0n) is 22.6. The van der Waals surface area contributed by atoms with Crippen molar-refractivity contribution in [3.8, 4) is 5.75 Å². The predicted molar refractivity (Wildman–Crippen MR) is 142 cm³/mol. The summed E-state index contributed by atoms with van der Waals surface area (Å²) < 4.78 is 20.5. The zero-order valence-corrected chi connectivity index (χ0v) is 22.6. The maximum Gasteiger partial charge on any atom is 0.331 e. The molecule has 8 heteroatoms. The van der Waals surface area contributed by atoms with Gasteiger partial charge < -0.3 is 18.9 Å². The maximum absolute atomic E-state index is 11.6. The van der Waals surface area contributed by atoms with Crippen molar-refractivity contribution in [3.63, 3.8) is 0 Å². The van der Waals surface area contributed by atoms with Crippen LogP contribution in [-0.4, -0.2) is 42.7 Å². The smallest absolute Gasteiger partial charge is 0.331 e. The van der Waals surface area contributed by atoms with Gasteiger partial charge in [-0.3, -0.25) is 9.59 Å². The van der Waals surface area contributed by atoms with Crippen LogP contribution in [-0.2, 0) is 33.4 Å². The lowest BCUT2D eigenvalue weighted by atomic mass is 9.98. The second kappa shape index (κ2) is 19.0. The van der Waals surface area contributed by atoms with Crippen LogP contribution in [0.3, 0.4) is 0 Å². The summed E-state index contributed by atoms with van der Waals surface area (Å²) >= 11 is 0. The number of carbonyl (C=O) groups is 4. The number of carbonyl (C=O) groups excluding carboxylic acids is 4. The lowest BCUT2D eigenvalue weighted by Gasteiger charge is -2.21. The molecule has 210 valence electrons. The molecule has 3 rings (SSSR count). The van der Waals surface area contributed by atoms with Crippen LogP contribution in [0.1, 0.15) is 96.8 Å². The number of hydrogen-bond donors (Lipinski definition) is 0. The zero-order chi connectivity index (χ0) is 27.4. The lowest BCUT2D eigenvalue weighted by Crippen LogP contribution is -2.21. The fourth-order valence-electron chi connectivity index (χ4n) is 4.27. The van der Waals surface area contributed by atoms with Gasteiger partial charge in [-0.1, -0.05) is 50.8 Å². The molecule has 0 bridgehead atoms. The van der Waals surface area contributed by atoms with Crippen molar-refractivity contribution in [3.05, 3.63) is 42.5 Å². The van der Waals surface area contributed by atoms with Gasteiger partial charge in [0.05, 0.1) is 6.61 Å². The molecule has 0 unspecified atom stereocenters. The van der Waals surface area contributed by atoms with Crippen molar-refractivity contribution in [2.45, 2.75) is 109 Å². The van der Waals surface area contributed by atoms with Gasteiger partial charge >= 0.3 is 23.9 Å². The van der Waals surface area contributed by atoms with Gasteiger partial charge in [-0.25, -0.2) is 9.59 Å². The van der Waals surface area contributed by atoms with E-state index in [0.717, 1.165) is 70.6 Å². The predicted octanol–water partition coefficient (Wildman–Crippen LogP) is 6.01. The number of ether oxygens (including phenoxy) is 4. The van der Waals surface area contributed by atoms with Crippen LogP contribution in [0.15, 0.2) is 42.5 Å². The summed E-state index contributed by atoms with van der Waals surface area (Å²) in [7, 11) is 0. The summed E-state index contributed by atoms with van der Waals surface area (Å²) in [6, 6.07) is 8.64.